The standard InChI is InChI=1S/C21H29ClN2O3/c1-12(2)10-24-19(22)18(13(3)23-24)20(26)27-11-17(25)21-7-14-4-15(8-21)6-16(5-14)9-21/h12,14-16H,4-11H2,1-3H3. The third-order valence-electron chi connectivity index (χ3n) is 6.77. The van der Waals surface area contributed by atoms with Crippen molar-refractivity contribution >= 4 is 23.4 Å². The summed E-state index contributed by atoms with van der Waals surface area (Å²) in [5.41, 5.74) is 0.596. The molecule has 0 aromatic carbocycles. The van der Waals surface area contributed by atoms with Crippen molar-refractivity contribution in [1.29, 1.82) is 0 Å². The lowest BCUT2D eigenvalue weighted by Crippen LogP contribution is -2.51. The summed E-state index contributed by atoms with van der Waals surface area (Å²) < 4.78 is 7.07. The predicted molar refractivity (Wildman–Crippen MR) is 103 cm³/mol. The van der Waals surface area contributed by atoms with E-state index in [1.54, 1.807) is 11.6 Å². The number of esters is 1. The number of aryl methyl sites for hydroxylation is 1. The molecule has 5 rings (SSSR count). The number of Topliss-reactive ketones (excluding diaryl/α,β-unsaturated/α-hetero) is 1. The highest BCUT2D eigenvalue weighted by atomic mass is 35.5. The van der Waals surface area contributed by atoms with Crippen molar-refractivity contribution in [2.45, 2.75) is 65.8 Å². The molecule has 0 radical (unpaired) electrons. The normalized spacial score (nSPS) is 31.5. The Morgan fingerprint density at radius 1 is 1.19 bits per heavy atom. The zero-order valence-electron chi connectivity index (χ0n) is 16.5. The number of ketones is 1. The van der Waals surface area contributed by atoms with Crippen LogP contribution in [0, 0.1) is 36.0 Å². The topological polar surface area (TPSA) is 61.2 Å². The summed E-state index contributed by atoms with van der Waals surface area (Å²) in [6, 6.07) is 0. The summed E-state index contributed by atoms with van der Waals surface area (Å²) >= 11 is 6.36. The van der Waals surface area contributed by atoms with Crippen LogP contribution in [0.25, 0.3) is 0 Å². The van der Waals surface area contributed by atoms with E-state index >= 15 is 0 Å². The predicted octanol–water partition coefficient (Wildman–Crippen LogP) is 4.44. The second kappa shape index (κ2) is 6.91. The molecule has 27 heavy (non-hydrogen) atoms. The second-order valence-electron chi connectivity index (χ2n) is 9.52. The van der Waals surface area contributed by atoms with Gasteiger partial charge >= 0.3 is 5.97 Å². The maximum Gasteiger partial charge on any atom is 0.343 e. The molecule has 4 aliphatic carbocycles. The number of ether oxygens (including phenoxy) is 1. The van der Waals surface area contributed by atoms with Gasteiger partial charge in [0, 0.05) is 12.0 Å². The quantitative estimate of drug-likeness (QED) is 0.671. The second-order valence-corrected chi connectivity index (χ2v) is 9.88. The number of nitrogens with zero attached hydrogens (tertiary/aromatic N) is 2. The fourth-order valence-corrected chi connectivity index (χ4v) is 6.38. The first-order valence-electron chi connectivity index (χ1n) is 10.2. The summed E-state index contributed by atoms with van der Waals surface area (Å²) in [7, 11) is 0. The maximum atomic E-state index is 13.0. The van der Waals surface area contributed by atoms with Gasteiger partial charge in [0.2, 0.25) is 0 Å². The molecule has 5 nitrogen and oxygen atoms in total. The van der Waals surface area contributed by atoms with Crippen molar-refractivity contribution in [3.8, 4) is 0 Å². The number of rotatable bonds is 6. The van der Waals surface area contributed by atoms with Crippen LogP contribution in [-0.2, 0) is 16.1 Å². The van der Waals surface area contributed by atoms with Crippen LogP contribution in [-0.4, -0.2) is 28.1 Å². The first-order valence-corrected chi connectivity index (χ1v) is 10.6. The van der Waals surface area contributed by atoms with Crippen LogP contribution in [0.1, 0.15) is 68.4 Å². The van der Waals surface area contributed by atoms with Gasteiger partial charge in [-0.25, -0.2) is 4.79 Å². The van der Waals surface area contributed by atoms with E-state index in [0.29, 0.717) is 41.1 Å². The summed E-state index contributed by atoms with van der Waals surface area (Å²) in [4.78, 5) is 25.6. The molecule has 0 saturated heterocycles. The average Bonchev–Trinajstić information content (AvgIpc) is 2.84. The van der Waals surface area contributed by atoms with Crippen molar-refractivity contribution in [1.82, 2.24) is 9.78 Å². The summed E-state index contributed by atoms with van der Waals surface area (Å²) in [6.45, 7) is 6.38. The Balaban J connectivity index is 1.43. The average molecular weight is 393 g/mol. The minimum Gasteiger partial charge on any atom is -0.454 e. The maximum absolute atomic E-state index is 13.0. The number of halogens is 1. The molecule has 0 atom stereocenters. The van der Waals surface area contributed by atoms with E-state index in [1.807, 2.05) is 0 Å². The van der Waals surface area contributed by atoms with Crippen molar-refractivity contribution in [2.75, 3.05) is 6.61 Å². The smallest absolute Gasteiger partial charge is 0.343 e. The van der Waals surface area contributed by atoms with E-state index < -0.39 is 5.97 Å². The summed E-state index contributed by atoms with van der Waals surface area (Å²) in [6.07, 6.45) is 6.83. The van der Waals surface area contributed by atoms with Crippen LogP contribution in [0.5, 0.6) is 0 Å². The van der Waals surface area contributed by atoms with Gasteiger partial charge in [0.1, 0.15) is 10.7 Å². The fraction of sp³-hybridized carbons (Fsp3) is 0.762. The molecule has 6 heteroatoms. The molecular weight excluding hydrogens is 364 g/mol. The van der Waals surface area contributed by atoms with Crippen LogP contribution in [0.3, 0.4) is 0 Å². The minimum absolute atomic E-state index is 0.110. The molecule has 0 unspecified atom stereocenters. The molecule has 4 aliphatic rings. The van der Waals surface area contributed by atoms with Crippen LogP contribution in [0.2, 0.25) is 5.15 Å². The molecule has 0 spiro atoms. The zero-order valence-corrected chi connectivity index (χ0v) is 17.2. The molecule has 4 saturated carbocycles. The van der Waals surface area contributed by atoms with E-state index in [9.17, 15) is 9.59 Å². The van der Waals surface area contributed by atoms with Crippen LogP contribution in [0.4, 0.5) is 0 Å². The zero-order chi connectivity index (χ0) is 19.3. The van der Waals surface area contributed by atoms with E-state index in [4.69, 9.17) is 16.3 Å². The number of hydrogen-bond donors (Lipinski definition) is 0. The lowest BCUT2D eigenvalue weighted by Gasteiger charge is -2.55. The van der Waals surface area contributed by atoms with Crippen molar-refractivity contribution < 1.29 is 14.3 Å². The van der Waals surface area contributed by atoms with Gasteiger partial charge in [-0.1, -0.05) is 25.4 Å². The van der Waals surface area contributed by atoms with Gasteiger partial charge in [-0.3, -0.25) is 9.48 Å². The molecule has 1 aromatic rings. The van der Waals surface area contributed by atoms with Crippen molar-refractivity contribution in [2.24, 2.45) is 29.1 Å². The number of hydrogen-bond acceptors (Lipinski definition) is 4. The Morgan fingerprint density at radius 3 is 2.26 bits per heavy atom. The fourth-order valence-electron chi connectivity index (χ4n) is 6.06. The molecular formula is C21H29ClN2O3. The molecule has 1 aromatic heterocycles. The van der Waals surface area contributed by atoms with Gasteiger partial charge in [-0.2, -0.15) is 5.10 Å². The van der Waals surface area contributed by atoms with Crippen LogP contribution < -0.4 is 0 Å². The van der Waals surface area contributed by atoms with Crippen molar-refractivity contribution in [3.05, 3.63) is 16.4 Å². The highest BCUT2D eigenvalue weighted by Crippen LogP contribution is 2.60. The van der Waals surface area contributed by atoms with E-state index in [-0.39, 0.29) is 23.4 Å². The first-order chi connectivity index (χ1) is 12.8. The molecule has 148 valence electrons. The van der Waals surface area contributed by atoms with Gasteiger partial charge < -0.3 is 4.74 Å². The molecule has 0 N–H and O–H groups in total. The molecule has 4 bridgehead atoms. The van der Waals surface area contributed by atoms with Crippen LogP contribution in [0.15, 0.2) is 0 Å². The van der Waals surface area contributed by atoms with Gasteiger partial charge in [0.05, 0.1) is 5.69 Å². The third-order valence-corrected chi connectivity index (χ3v) is 7.16. The molecule has 0 aliphatic heterocycles. The molecule has 0 amide bonds. The third kappa shape index (κ3) is 3.43. The number of carbonyl (C=O) groups excluding carboxylic acids is 2. The lowest BCUT2D eigenvalue weighted by atomic mass is 9.48. The monoisotopic (exact) mass is 392 g/mol. The van der Waals surface area contributed by atoms with Crippen LogP contribution >= 0.6 is 11.6 Å². The highest BCUT2D eigenvalue weighted by molar-refractivity contribution is 6.32. The number of carbonyl (C=O) groups is 2. The Bertz CT molecular complexity index is 732. The summed E-state index contributed by atoms with van der Waals surface area (Å²) in [5, 5.41) is 4.65. The van der Waals surface area contributed by atoms with Gasteiger partial charge in [-0.15, -0.1) is 0 Å². The van der Waals surface area contributed by atoms with Gasteiger partial charge in [0.15, 0.2) is 12.4 Å². The SMILES string of the molecule is Cc1nn(CC(C)C)c(Cl)c1C(=O)OCC(=O)C12CC3CC(CC(C3)C1)C2. The Hall–Kier alpha value is -1.36. The van der Waals surface area contributed by atoms with E-state index in [1.165, 1.54) is 19.3 Å². The largest absolute Gasteiger partial charge is 0.454 e. The Morgan fingerprint density at radius 2 is 1.74 bits per heavy atom. The number of aromatic nitrogens is 2. The Kier molecular flexibility index (Phi) is 4.86. The van der Waals surface area contributed by atoms with Gasteiger partial charge in [0.25, 0.3) is 0 Å². The minimum atomic E-state index is -0.536. The Labute approximate surface area is 165 Å². The lowest BCUT2D eigenvalue weighted by molar-refractivity contribution is -0.147. The van der Waals surface area contributed by atoms with Crippen molar-refractivity contribution in [3.63, 3.8) is 0 Å². The van der Waals surface area contributed by atoms with E-state index in [2.05, 4.69) is 18.9 Å². The molecule has 4 fully saturated rings. The summed E-state index contributed by atoms with van der Waals surface area (Å²) in [5.74, 6) is 2.03. The first kappa shape index (κ1) is 19.0. The molecule has 1 heterocycles. The van der Waals surface area contributed by atoms with E-state index in [0.717, 1.165) is 19.3 Å². The van der Waals surface area contributed by atoms with Gasteiger partial charge in [-0.05, 0) is 69.1 Å². The highest BCUT2D eigenvalue weighted by Gasteiger charge is 2.54.